The van der Waals surface area contributed by atoms with E-state index in [0.717, 1.165) is 5.56 Å². The summed E-state index contributed by atoms with van der Waals surface area (Å²) in [5.41, 5.74) is 0.763. The third-order valence-corrected chi connectivity index (χ3v) is 2.15. The summed E-state index contributed by atoms with van der Waals surface area (Å²) in [7, 11) is 1.26. The third-order valence-electron chi connectivity index (χ3n) is 1.48. The zero-order chi connectivity index (χ0) is 10.0. The van der Waals surface area contributed by atoms with E-state index in [0.29, 0.717) is 0 Å². The number of ether oxygens (including phenoxy) is 1. The first kappa shape index (κ1) is 10.3. The van der Waals surface area contributed by atoms with Crippen LogP contribution in [0.2, 0.25) is 10.2 Å². The number of hydrogen-bond acceptors (Lipinski definition) is 3. The molecule has 0 bridgehead atoms. The van der Waals surface area contributed by atoms with Gasteiger partial charge < -0.3 is 4.74 Å². The van der Waals surface area contributed by atoms with Crippen LogP contribution in [0.1, 0.15) is 16.1 Å². The van der Waals surface area contributed by atoms with Crippen molar-refractivity contribution in [2.45, 2.75) is 6.92 Å². The van der Waals surface area contributed by atoms with Crippen LogP contribution in [0, 0.1) is 6.92 Å². The number of carbonyl (C=O) groups is 1. The van der Waals surface area contributed by atoms with Gasteiger partial charge in [0.05, 0.1) is 12.1 Å². The van der Waals surface area contributed by atoms with Gasteiger partial charge in [0.2, 0.25) is 0 Å². The van der Waals surface area contributed by atoms with Gasteiger partial charge in [-0.1, -0.05) is 23.2 Å². The van der Waals surface area contributed by atoms with Crippen molar-refractivity contribution in [3.63, 3.8) is 0 Å². The van der Waals surface area contributed by atoms with E-state index in [1.54, 1.807) is 13.0 Å². The van der Waals surface area contributed by atoms with Gasteiger partial charge in [-0.05, 0) is 18.6 Å². The lowest BCUT2D eigenvalue weighted by molar-refractivity contribution is 0.0594. The number of nitrogens with zero attached hydrogens (tertiary/aromatic N) is 1. The topological polar surface area (TPSA) is 39.2 Å². The van der Waals surface area contributed by atoms with Crippen LogP contribution in [0.25, 0.3) is 0 Å². The van der Waals surface area contributed by atoms with E-state index >= 15 is 0 Å². The normalized spacial score (nSPS) is 9.85. The second-order valence-corrected chi connectivity index (χ2v) is 3.18. The van der Waals surface area contributed by atoms with Crippen LogP contribution in [0.5, 0.6) is 0 Å². The Labute approximate surface area is 85.6 Å². The van der Waals surface area contributed by atoms with E-state index in [-0.39, 0.29) is 15.9 Å². The summed E-state index contributed by atoms with van der Waals surface area (Å²) in [5.74, 6) is -0.591. The first-order valence-electron chi connectivity index (χ1n) is 3.47. The molecule has 0 saturated carbocycles. The van der Waals surface area contributed by atoms with Crippen LogP contribution in [-0.2, 0) is 4.74 Å². The Bertz CT molecular complexity index is 352. The van der Waals surface area contributed by atoms with Crippen LogP contribution in [0.4, 0.5) is 0 Å². The Hall–Kier alpha value is -0.800. The number of aryl methyl sites for hydroxylation is 1. The van der Waals surface area contributed by atoms with Crippen molar-refractivity contribution in [2.24, 2.45) is 0 Å². The van der Waals surface area contributed by atoms with Crippen LogP contribution in [0.15, 0.2) is 6.07 Å². The van der Waals surface area contributed by atoms with Crippen LogP contribution in [-0.4, -0.2) is 18.1 Å². The molecule has 0 aliphatic carbocycles. The molecule has 0 aromatic carbocycles. The monoisotopic (exact) mass is 219 g/mol. The fourth-order valence-electron chi connectivity index (χ4n) is 0.798. The summed E-state index contributed by atoms with van der Waals surface area (Å²) < 4.78 is 4.47. The summed E-state index contributed by atoms with van der Waals surface area (Å²) in [6.45, 7) is 1.75. The van der Waals surface area contributed by atoms with E-state index in [2.05, 4.69) is 9.72 Å². The second-order valence-electron chi connectivity index (χ2n) is 2.42. The van der Waals surface area contributed by atoms with Crippen molar-refractivity contribution in [1.82, 2.24) is 4.98 Å². The molecule has 0 aliphatic rings. The average molecular weight is 220 g/mol. The van der Waals surface area contributed by atoms with Gasteiger partial charge in [0.15, 0.2) is 5.69 Å². The lowest BCUT2D eigenvalue weighted by Gasteiger charge is -2.03. The zero-order valence-electron chi connectivity index (χ0n) is 7.10. The molecule has 1 heterocycles. The minimum atomic E-state index is -0.591. The molecule has 0 N–H and O–H groups in total. The van der Waals surface area contributed by atoms with Gasteiger partial charge in [-0.25, -0.2) is 9.78 Å². The molecule has 1 aromatic rings. The van der Waals surface area contributed by atoms with Gasteiger partial charge in [0.1, 0.15) is 5.15 Å². The largest absolute Gasteiger partial charge is 0.464 e. The number of hydrogen-bond donors (Lipinski definition) is 0. The number of esters is 1. The Morgan fingerprint density at radius 3 is 2.69 bits per heavy atom. The van der Waals surface area contributed by atoms with Crippen molar-refractivity contribution in [1.29, 1.82) is 0 Å². The van der Waals surface area contributed by atoms with Crippen molar-refractivity contribution in [2.75, 3.05) is 7.11 Å². The van der Waals surface area contributed by atoms with E-state index in [1.165, 1.54) is 7.11 Å². The predicted molar refractivity (Wildman–Crippen MR) is 50.3 cm³/mol. The van der Waals surface area contributed by atoms with E-state index in [9.17, 15) is 4.79 Å². The predicted octanol–water partition coefficient (Wildman–Crippen LogP) is 2.48. The van der Waals surface area contributed by atoms with Crippen molar-refractivity contribution in [3.8, 4) is 0 Å². The minimum absolute atomic E-state index is 0.0415. The van der Waals surface area contributed by atoms with E-state index in [1.807, 2.05) is 0 Å². The molecule has 0 aliphatic heterocycles. The number of methoxy groups -OCH3 is 1. The highest BCUT2D eigenvalue weighted by Crippen LogP contribution is 2.21. The summed E-state index contributed by atoms with van der Waals surface area (Å²) in [6, 6.07) is 1.57. The molecule has 0 saturated heterocycles. The molecule has 5 heteroatoms. The molecular formula is C8H7Cl2NO2. The molecule has 13 heavy (non-hydrogen) atoms. The average Bonchev–Trinajstić information content (AvgIpc) is 2.10. The molecule has 0 radical (unpaired) electrons. The lowest BCUT2D eigenvalue weighted by atomic mass is 10.3. The van der Waals surface area contributed by atoms with Crippen LogP contribution < -0.4 is 0 Å². The smallest absolute Gasteiger partial charge is 0.358 e. The minimum Gasteiger partial charge on any atom is -0.464 e. The lowest BCUT2D eigenvalue weighted by Crippen LogP contribution is -2.05. The summed E-state index contributed by atoms with van der Waals surface area (Å²) >= 11 is 11.5. The summed E-state index contributed by atoms with van der Waals surface area (Å²) in [6.07, 6.45) is 0. The van der Waals surface area contributed by atoms with Gasteiger partial charge in [-0.15, -0.1) is 0 Å². The van der Waals surface area contributed by atoms with Crippen molar-refractivity contribution < 1.29 is 9.53 Å². The van der Waals surface area contributed by atoms with Crippen LogP contribution >= 0.6 is 23.2 Å². The number of pyridine rings is 1. The zero-order valence-corrected chi connectivity index (χ0v) is 8.61. The number of carbonyl (C=O) groups excluding carboxylic acids is 1. The quantitative estimate of drug-likeness (QED) is 0.539. The fraction of sp³-hybridized carbons (Fsp3) is 0.250. The third kappa shape index (κ3) is 2.11. The van der Waals surface area contributed by atoms with Crippen molar-refractivity contribution >= 4 is 29.2 Å². The number of halogens is 2. The van der Waals surface area contributed by atoms with E-state index in [4.69, 9.17) is 23.2 Å². The van der Waals surface area contributed by atoms with Crippen LogP contribution in [0.3, 0.4) is 0 Å². The van der Waals surface area contributed by atoms with Gasteiger partial charge in [-0.2, -0.15) is 0 Å². The van der Waals surface area contributed by atoms with Crippen molar-refractivity contribution in [3.05, 3.63) is 27.5 Å². The molecule has 0 fully saturated rings. The Balaban J connectivity index is 3.23. The fourth-order valence-corrected chi connectivity index (χ4v) is 1.22. The maximum atomic E-state index is 11.1. The molecule has 1 aromatic heterocycles. The molecule has 1 rings (SSSR count). The second kappa shape index (κ2) is 3.94. The highest BCUT2D eigenvalue weighted by atomic mass is 35.5. The summed E-state index contributed by atoms with van der Waals surface area (Å²) in [4.78, 5) is 14.9. The molecular weight excluding hydrogens is 213 g/mol. The molecule has 0 atom stereocenters. The summed E-state index contributed by atoms with van der Waals surface area (Å²) in [5, 5.41) is 0.499. The first-order valence-corrected chi connectivity index (χ1v) is 4.22. The Morgan fingerprint density at radius 2 is 2.15 bits per heavy atom. The first-order chi connectivity index (χ1) is 6.06. The Kier molecular flexibility index (Phi) is 3.12. The highest BCUT2D eigenvalue weighted by molar-refractivity contribution is 6.34. The van der Waals surface area contributed by atoms with Gasteiger partial charge >= 0.3 is 5.97 Å². The number of rotatable bonds is 1. The van der Waals surface area contributed by atoms with E-state index < -0.39 is 5.97 Å². The molecule has 70 valence electrons. The maximum Gasteiger partial charge on any atom is 0.358 e. The maximum absolute atomic E-state index is 11.1. The molecule has 0 spiro atoms. The van der Waals surface area contributed by atoms with Gasteiger partial charge in [0, 0.05) is 0 Å². The highest BCUT2D eigenvalue weighted by Gasteiger charge is 2.14. The van der Waals surface area contributed by atoms with Gasteiger partial charge in [-0.3, -0.25) is 0 Å². The SMILES string of the molecule is COC(=O)c1nc(Cl)c(C)cc1Cl. The molecule has 0 amide bonds. The number of aromatic nitrogens is 1. The molecule has 3 nitrogen and oxygen atoms in total. The standard InChI is InChI=1S/C8H7Cl2NO2/c1-4-3-5(9)6(8(12)13-2)11-7(4)10/h3H,1-2H3. The Morgan fingerprint density at radius 1 is 1.54 bits per heavy atom. The molecule has 0 unspecified atom stereocenters. The van der Waals surface area contributed by atoms with Gasteiger partial charge in [0.25, 0.3) is 0 Å².